The highest BCUT2D eigenvalue weighted by Crippen LogP contribution is 2.34. The number of anilines is 1. The molecule has 0 aromatic heterocycles. The fraction of sp³-hybridized carbons (Fsp3) is 0.143. The SMILES string of the molecule is O=S(=O)(c1cccc(F)c1F)N1CCc2ccc(F)cc21. The van der Waals surface area contributed by atoms with Gasteiger partial charge in [0.2, 0.25) is 0 Å². The first kappa shape index (κ1) is 13.9. The van der Waals surface area contributed by atoms with Crippen molar-refractivity contribution in [2.45, 2.75) is 11.3 Å². The summed E-state index contributed by atoms with van der Waals surface area (Å²) in [5, 5.41) is 0. The molecule has 0 amide bonds. The van der Waals surface area contributed by atoms with Gasteiger partial charge in [-0.1, -0.05) is 12.1 Å². The first-order valence-corrected chi connectivity index (χ1v) is 7.60. The zero-order valence-electron chi connectivity index (χ0n) is 10.7. The van der Waals surface area contributed by atoms with Crippen molar-refractivity contribution >= 4 is 15.7 Å². The van der Waals surface area contributed by atoms with Crippen molar-refractivity contribution in [3.8, 4) is 0 Å². The van der Waals surface area contributed by atoms with Crippen LogP contribution in [0.2, 0.25) is 0 Å². The van der Waals surface area contributed by atoms with E-state index in [1.54, 1.807) is 0 Å². The van der Waals surface area contributed by atoms with Crippen LogP contribution in [0.5, 0.6) is 0 Å². The Bertz CT molecular complexity index is 821. The Morgan fingerprint density at radius 3 is 2.57 bits per heavy atom. The Hall–Kier alpha value is -2.02. The van der Waals surface area contributed by atoms with Crippen molar-refractivity contribution in [2.24, 2.45) is 0 Å². The Morgan fingerprint density at radius 2 is 1.81 bits per heavy atom. The lowest BCUT2D eigenvalue weighted by Crippen LogP contribution is -2.30. The van der Waals surface area contributed by atoms with Crippen molar-refractivity contribution in [3.63, 3.8) is 0 Å². The molecule has 0 fully saturated rings. The van der Waals surface area contributed by atoms with E-state index in [9.17, 15) is 21.6 Å². The molecular formula is C14H10F3NO2S. The standard InChI is InChI=1S/C14H10F3NO2S/c15-10-5-4-9-6-7-18(12(9)8-10)21(19,20)13-3-1-2-11(16)14(13)17/h1-5,8H,6-7H2. The van der Waals surface area contributed by atoms with Crippen LogP contribution in [-0.2, 0) is 16.4 Å². The maximum absolute atomic E-state index is 13.8. The van der Waals surface area contributed by atoms with Gasteiger partial charge in [-0.3, -0.25) is 4.31 Å². The predicted octanol–water partition coefficient (Wildman–Crippen LogP) is 2.86. The smallest absolute Gasteiger partial charge is 0.266 e. The summed E-state index contributed by atoms with van der Waals surface area (Å²) in [5.41, 5.74) is 0.815. The molecule has 0 atom stereocenters. The fourth-order valence-corrected chi connectivity index (χ4v) is 3.95. The fourth-order valence-electron chi connectivity index (χ4n) is 2.37. The zero-order chi connectivity index (χ0) is 15.2. The van der Waals surface area contributed by atoms with E-state index in [0.717, 1.165) is 28.6 Å². The van der Waals surface area contributed by atoms with Crippen LogP contribution in [0, 0.1) is 17.5 Å². The average molecular weight is 313 g/mol. The van der Waals surface area contributed by atoms with Gasteiger partial charge >= 0.3 is 0 Å². The normalized spacial score (nSPS) is 14.3. The third kappa shape index (κ3) is 2.17. The summed E-state index contributed by atoms with van der Waals surface area (Å²) in [4.78, 5) is -0.750. The summed E-state index contributed by atoms with van der Waals surface area (Å²) in [6, 6.07) is 6.75. The lowest BCUT2D eigenvalue weighted by Gasteiger charge is -2.20. The summed E-state index contributed by atoms with van der Waals surface area (Å²) in [6.45, 7) is 0.0665. The van der Waals surface area contributed by atoms with Gasteiger partial charge in [-0.15, -0.1) is 0 Å². The number of hydrogen-bond acceptors (Lipinski definition) is 2. The summed E-state index contributed by atoms with van der Waals surface area (Å²) >= 11 is 0. The van der Waals surface area contributed by atoms with E-state index in [0.29, 0.717) is 12.0 Å². The number of nitrogens with zero attached hydrogens (tertiary/aromatic N) is 1. The predicted molar refractivity (Wildman–Crippen MR) is 71.0 cm³/mol. The van der Waals surface area contributed by atoms with Crippen LogP contribution in [0.3, 0.4) is 0 Å². The molecule has 0 spiro atoms. The molecule has 0 radical (unpaired) electrons. The molecule has 0 saturated heterocycles. The molecule has 0 saturated carbocycles. The van der Waals surface area contributed by atoms with Crippen LogP contribution in [0.15, 0.2) is 41.3 Å². The van der Waals surface area contributed by atoms with E-state index in [-0.39, 0.29) is 12.2 Å². The first-order valence-electron chi connectivity index (χ1n) is 6.16. The number of sulfonamides is 1. The van der Waals surface area contributed by atoms with Gasteiger partial charge in [0.15, 0.2) is 11.6 Å². The van der Waals surface area contributed by atoms with Crippen molar-refractivity contribution in [3.05, 3.63) is 59.4 Å². The molecule has 3 nitrogen and oxygen atoms in total. The molecular weight excluding hydrogens is 303 g/mol. The van der Waals surface area contributed by atoms with Gasteiger partial charge in [0.25, 0.3) is 10.0 Å². The van der Waals surface area contributed by atoms with Crippen LogP contribution >= 0.6 is 0 Å². The van der Waals surface area contributed by atoms with Crippen LogP contribution in [0.1, 0.15) is 5.56 Å². The van der Waals surface area contributed by atoms with Crippen molar-refractivity contribution in [1.82, 2.24) is 0 Å². The number of benzene rings is 2. The maximum atomic E-state index is 13.8. The zero-order valence-corrected chi connectivity index (χ0v) is 11.5. The highest BCUT2D eigenvalue weighted by molar-refractivity contribution is 7.92. The number of hydrogen-bond donors (Lipinski definition) is 0. The van der Waals surface area contributed by atoms with Crippen molar-refractivity contribution < 1.29 is 21.6 Å². The molecule has 2 aromatic rings. The third-order valence-electron chi connectivity index (χ3n) is 3.38. The first-order chi connectivity index (χ1) is 9.91. The second-order valence-electron chi connectivity index (χ2n) is 4.65. The number of rotatable bonds is 2. The van der Waals surface area contributed by atoms with Gasteiger partial charge in [-0.05, 0) is 36.2 Å². The molecule has 0 aliphatic carbocycles. The third-order valence-corrected chi connectivity index (χ3v) is 5.22. The summed E-state index contributed by atoms with van der Waals surface area (Å²) in [7, 11) is -4.27. The number of fused-ring (bicyclic) bond motifs is 1. The van der Waals surface area contributed by atoms with Crippen molar-refractivity contribution in [2.75, 3.05) is 10.8 Å². The van der Waals surface area contributed by atoms with E-state index < -0.39 is 32.4 Å². The minimum Gasteiger partial charge on any atom is -0.266 e. The van der Waals surface area contributed by atoms with Gasteiger partial charge in [0, 0.05) is 6.54 Å². The van der Waals surface area contributed by atoms with E-state index in [1.807, 2.05) is 0 Å². The maximum Gasteiger partial charge on any atom is 0.267 e. The van der Waals surface area contributed by atoms with Crippen molar-refractivity contribution in [1.29, 1.82) is 0 Å². The molecule has 0 bridgehead atoms. The number of halogens is 3. The van der Waals surface area contributed by atoms with Crippen LogP contribution in [0.25, 0.3) is 0 Å². The molecule has 21 heavy (non-hydrogen) atoms. The highest BCUT2D eigenvalue weighted by atomic mass is 32.2. The Balaban J connectivity index is 2.14. The Labute approximate surface area is 119 Å². The van der Waals surface area contributed by atoms with E-state index in [2.05, 4.69) is 0 Å². The summed E-state index contributed by atoms with van der Waals surface area (Å²) in [6.07, 6.45) is 0.395. The molecule has 1 aliphatic heterocycles. The van der Waals surface area contributed by atoms with Gasteiger partial charge in [0.05, 0.1) is 5.69 Å². The molecule has 110 valence electrons. The molecule has 1 heterocycles. The van der Waals surface area contributed by atoms with E-state index >= 15 is 0 Å². The summed E-state index contributed by atoms with van der Waals surface area (Å²) in [5.74, 6) is -3.26. The monoisotopic (exact) mass is 313 g/mol. The van der Waals surface area contributed by atoms with Crippen LogP contribution < -0.4 is 4.31 Å². The summed E-state index contributed by atoms with van der Waals surface area (Å²) < 4.78 is 66.2. The van der Waals surface area contributed by atoms with Crippen LogP contribution in [-0.4, -0.2) is 15.0 Å². The Kier molecular flexibility index (Phi) is 3.16. The molecule has 0 N–H and O–H groups in total. The topological polar surface area (TPSA) is 37.4 Å². The molecule has 0 unspecified atom stereocenters. The lowest BCUT2D eigenvalue weighted by molar-refractivity contribution is 0.484. The minimum atomic E-state index is -4.27. The Morgan fingerprint density at radius 1 is 1.05 bits per heavy atom. The average Bonchev–Trinajstić information content (AvgIpc) is 2.85. The quantitative estimate of drug-likeness (QED) is 0.855. The van der Waals surface area contributed by atoms with Gasteiger partial charge in [0.1, 0.15) is 10.7 Å². The second kappa shape index (κ2) is 4.77. The second-order valence-corrected chi connectivity index (χ2v) is 6.48. The van der Waals surface area contributed by atoms with E-state index in [1.165, 1.54) is 12.1 Å². The minimum absolute atomic E-state index is 0.0665. The van der Waals surface area contributed by atoms with E-state index in [4.69, 9.17) is 0 Å². The van der Waals surface area contributed by atoms with Gasteiger partial charge in [-0.25, -0.2) is 21.6 Å². The largest absolute Gasteiger partial charge is 0.267 e. The van der Waals surface area contributed by atoms with Crippen LogP contribution in [0.4, 0.5) is 18.9 Å². The molecule has 7 heteroatoms. The molecule has 2 aromatic carbocycles. The molecule has 3 rings (SSSR count). The lowest BCUT2D eigenvalue weighted by atomic mass is 10.2. The highest BCUT2D eigenvalue weighted by Gasteiger charge is 2.33. The van der Waals surface area contributed by atoms with Gasteiger partial charge < -0.3 is 0 Å². The molecule has 1 aliphatic rings. The van der Waals surface area contributed by atoms with Gasteiger partial charge in [-0.2, -0.15) is 0 Å².